The number of aromatic nitrogens is 8. The zero-order chi connectivity index (χ0) is 58.6. The van der Waals surface area contributed by atoms with Crippen LogP contribution in [-0.4, -0.2) is 39.0 Å². The first-order valence-corrected chi connectivity index (χ1v) is 30.2. The summed E-state index contributed by atoms with van der Waals surface area (Å²) in [5.74, 6) is 1.62. The fourth-order valence-corrected chi connectivity index (χ4v) is 15.3. The number of rotatable bonds is 4. The molecular formula is C80H54N8. The van der Waals surface area contributed by atoms with Crippen molar-refractivity contribution >= 4 is 97.9 Å². The highest BCUT2D eigenvalue weighted by atomic mass is 15.1. The van der Waals surface area contributed by atoms with Crippen LogP contribution in [0, 0.1) is 0 Å². The molecule has 0 atom stereocenters. The van der Waals surface area contributed by atoms with Gasteiger partial charge in [0.05, 0.1) is 44.3 Å². The van der Waals surface area contributed by atoms with Crippen LogP contribution in [0.3, 0.4) is 0 Å². The van der Waals surface area contributed by atoms with E-state index in [2.05, 4.69) is 253 Å². The molecule has 8 heteroatoms. The fraction of sp³-hybridized carbons (Fsp3) is 0.0750. The van der Waals surface area contributed by atoms with Crippen LogP contribution >= 0.6 is 0 Å². The number of hydrogen-bond donors (Lipinski definition) is 0. The van der Waals surface area contributed by atoms with Crippen molar-refractivity contribution in [2.75, 3.05) is 0 Å². The molecule has 0 bridgehead atoms. The van der Waals surface area contributed by atoms with Gasteiger partial charge in [-0.3, -0.25) is 19.5 Å². The Hall–Kier alpha value is -11.2. The maximum Gasteiger partial charge on any atom is 0.160 e. The van der Waals surface area contributed by atoms with Gasteiger partial charge >= 0.3 is 0 Å². The molecule has 10 aromatic carbocycles. The van der Waals surface area contributed by atoms with Gasteiger partial charge < -0.3 is 4.57 Å². The zero-order valence-corrected chi connectivity index (χ0v) is 48.8. The largest absolute Gasteiger partial charge is 0.309 e. The number of benzene rings is 10. The third-order valence-corrected chi connectivity index (χ3v) is 19.1. The minimum absolute atomic E-state index is 0.167. The standard InChI is InChI=1S/C44H30N4.C36H24N4/c1-44(2)35-19-11-9-17-31(35)39-40(44)34-26-45-24-23-30(34)38-32-18-10-12-20-37(32)48(42(38)39)29-21-22-36-33(25-29)41(27-13-5-3-6-14-27)47-43(46-36)28-15-7-4-8-16-28;1-36(2)27-11-5-3-9-24(27)31-32(36)26-20-37-19-17-23(26)30-25-10-4-6-12-28(25)40(35(30)31)29-16-15-22-14-13-21-8-7-18-38-33(21)34(22)39-29/h3-26H,1-2H3;3-20H,1-2H3. The van der Waals surface area contributed by atoms with Crippen LogP contribution in [0.25, 0.3) is 154 Å². The van der Waals surface area contributed by atoms with E-state index in [9.17, 15) is 0 Å². The first-order valence-electron chi connectivity index (χ1n) is 30.2. The predicted molar refractivity (Wildman–Crippen MR) is 362 cm³/mol. The molecule has 414 valence electrons. The van der Waals surface area contributed by atoms with Gasteiger partial charge in [0.1, 0.15) is 5.82 Å². The van der Waals surface area contributed by atoms with E-state index >= 15 is 0 Å². The summed E-state index contributed by atoms with van der Waals surface area (Å²) in [5.41, 5.74) is 21.8. The second kappa shape index (κ2) is 18.6. The van der Waals surface area contributed by atoms with Crippen LogP contribution < -0.4 is 0 Å². The van der Waals surface area contributed by atoms with Gasteiger partial charge in [0.15, 0.2) is 5.82 Å². The van der Waals surface area contributed by atoms with Crippen LogP contribution in [0.5, 0.6) is 0 Å². The molecule has 19 rings (SSSR count). The maximum absolute atomic E-state index is 5.33. The lowest BCUT2D eigenvalue weighted by Crippen LogP contribution is -2.15. The molecule has 2 aliphatic rings. The SMILES string of the molecule is CC1(C)c2ccccc2-c2c1c1cnccc1c1c3ccccc3n(-c3ccc4ccc5cccnc5c4n3)c21.CC1(C)c2ccccc2-c2c1c1cnccc1c1c3ccccc3n(-c3ccc4nc(-c5ccccc5)nc(-c5ccccc5)c4c3)c21. The Kier molecular flexibility index (Phi) is 10.6. The second-order valence-electron chi connectivity index (χ2n) is 24.5. The van der Waals surface area contributed by atoms with Crippen molar-refractivity contribution in [1.29, 1.82) is 0 Å². The van der Waals surface area contributed by atoms with Crippen LogP contribution in [0.2, 0.25) is 0 Å². The third-order valence-electron chi connectivity index (χ3n) is 19.1. The van der Waals surface area contributed by atoms with E-state index in [0.717, 1.165) is 72.4 Å². The maximum atomic E-state index is 5.33. The lowest BCUT2D eigenvalue weighted by Gasteiger charge is -2.23. The number of nitrogens with zero attached hydrogens (tertiary/aromatic N) is 8. The first kappa shape index (κ1) is 50.1. The van der Waals surface area contributed by atoms with E-state index in [4.69, 9.17) is 19.9 Å². The molecule has 17 aromatic rings. The summed E-state index contributed by atoms with van der Waals surface area (Å²) >= 11 is 0. The molecule has 7 heterocycles. The number of para-hydroxylation sites is 2. The highest BCUT2D eigenvalue weighted by Crippen LogP contribution is 2.58. The summed E-state index contributed by atoms with van der Waals surface area (Å²) in [6.07, 6.45) is 9.82. The molecule has 0 saturated heterocycles. The molecule has 2 aliphatic carbocycles. The Balaban J connectivity index is 0.000000134. The van der Waals surface area contributed by atoms with Crippen LogP contribution in [0.15, 0.2) is 255 Å². The van der Waals surface area contributed by atoms with Gasteiger partial charge in [-0.05, 0) is 105 Å². The van der Waals surface area contributed by atoms with Gasteiger partial charge in [0, 0.05) is 118 Å². The molecule has 8 nitrogen and oxygen atoms in total. The summed E-state index contributed by atoms with van der Waals surface area (Å²) in [6.45, 7) is 9.39. The van der Waals surface area contributed by atoms with E-state index in [0.29, 0.717) is 0 Å². The fourth-order valence-electron chi connectivity index (χ4n) is 15.3. The molecule has 88 heavy (non-hydrogen) atoms. The molecular weight excluding hydrogens is 1070 g/mol. The lowest BCUT2D eigenvalue weighted by molar-refractivity contribution is 0.666. The Morgan fingerprint density at radius 1 is 0.375 bits per heavy atom. The van der Waals surface area contributed by atoms with Gasteiger partial charge in [-0.1, -0.05) is 191 Å². The van der Waals surface area contributed by atoms with Crippen molar-refractivity contribution in [3.8, 4) is 56.4 Å². The lowest BCUT2D eigenvalue weighted by atomic mass is 9.80. The minimum atomic E-state index is -0.186. The molecule has 0 radical (unpaired) electrons. The van der Waals surface area contributed by atoms with Gasteiger partial charge in [-0.2, -0.15) is 0 Å². The summed E-state index contributed by atoms with van der Waals surface area (Å²) in [7, 11) is 0. The molecule has 0 amide bonds. The molecule has 0 fully saturated rings. The van der Waals surface area contributed by atoms with Crippen molar-refractivity contribution in [3.05, 3.63) is 278 Å². The molecule has 0 saturated carbocycles. The van der Waals surface area contributed by atoms with Crippen molar-refractivity contribution in [3.63, 3.8) is 0 Å². The van der Waals surface area contributed by atoms with E-state index in [1.54, 1.807) is 0 Å². The predicted octanol–water partition coefficient (Wildman–Crippen LogP) is 19.7. The van der Waals surface area contributed by atoms with Gasteiger partial charge in [0.2, 0.25) is 0 Å². The monoisotopic (exact) mass is 1130 g/mol. The smallest absolute Gasteiger partial charge is 0.160 e. The van der Waals surface area contributed by atoms with Crippen molar-refractivity contribution in [1.82, 2.24) is 39.0 Å². The molecule has 0 N–H and O–H groups in total. The number of hydrogen-bond acceptors (Lipinski definition) is 6. The van der Waals surface area contributed by atoms with Crippen LogP contribution in [0.1, 0.15) is 49.9 Å². The number of pyridine rings is 4. The number of fused-ring (bicyclic) bond motifs is 24. The summed E-state index contributed by atoms with van der Waals surface area (Å²) < 4.78 is 4.85. The zero-order valence-electron chi connectivity index (χ0n) is 48.8. The van der Waals surface area contributed by atoms with Gasteiger partial charge in [-0.25, -0.2) is 15.0 Å². The average Bonchev–Trinajstić information content (AvgIpc) is 1.54. The Labute approximate surface area is 506 Å². The van der Waals surface area contributed by atoms with E-state index < -0.39 is 0 Å². The Morgan fingerprint density at radius 2 is 0.909 bits per heavy atom. The van der Waals surface area contributed by atoms with Gasteiger partial charge in [0.25, 0.3) is 0 Å². The Bertz CT molecular complexity index is 5820. The van der Waals surface area contributed by atoms with E-state index in [1.165, 1.54) is 104 Å². The molecule has 0 spiro atoms. The second-order valence-corrected chi connectivity index (χ2v) is 24.5. The van der Waals surface area contributed by atoms with Crippen LogP contribution in [0.4, 0.5) is 0 Å². The highest BCUT2D eigenvalue weighted by Gasteiger charge is 2.42. The van der Waals surface area contributed by atoms with E-state index in [-0.39, 0.29) is 10.8 Å². The molecule has 0 unspecified atom stereocenters. The molecule has 7 aromatic heterocycles. The summed E-state index contributed by atoms with van der Waals surface area (Å²) in [5, 5.41) is 13.1. The third kappa shape index (κ3) is 7.02. The van der Waals surface area contributed by atoms with Crippen molar-refractivity contribution < 1.29 is 0 Å². The van der Waals surface area contributed by atoms with Gasteiger partial charge in [-0.15, -0.1) is 0 Å². The van der Waals surface area contributed by atoms with Crippen molar-refractivity contribution in [2.45, 2.75) is 38.5 Å². The highest BCUT2D eigenvalue weighted by molar-refractivity contribution is 6.29. The minimum Gasteiger partial charge on any atom is -0.309 e. The van der Waals surface area contributed by atoms with Crippen molar-refractivity contribution in [2.24, 2.45) is 0 Å². The summed E-state index contributed by atoms with van der Waals surface area (Å²) in [4.78, 5) is 29.6. The first-order chi connectivity index (χ1) is 43.2. The normalized spacial score (nSPS) is 13.6. The quantitative estimate of drug-likeness (QED) is 0.163. The van der Waals surface area contributed by atoms with Crippen LogP contribution in [-0.2, 0) is 10.8 Å². The Morgan fingerprint density at radius 3 is 1.55 bits per heavy atom. The molecule has 0 aliphatic heterocycles. The van der Waals surface area contributed by atoms with E-state index in [1.807, 2.05) is 48.9 Å². The topological polar surface area (TPSA) is 87.2 Å². The average molecular weight is 1130 g/mol. The summed E-state index contributed by atoms with van der Waals surface area (Å²) in [6, 6.07) is 79.7.